The van der Waals surface area contributed by atoms with E-state index in [0.717, 1.165) is 23.5 Å². The van der Waals surface area contributed by atoms with E-state index in [1.807, 2.05) is 11.8 Å². The number of halogens is 2. The molecule has 4 heteroatoms. The number of carbonyl (C=O) groups excluding carboxylic acids is 1. The van der Waals surface area contributed by atoms with E-state index < -0.39 is 0 Å². The maximum Gasteiger partial charge on any atom is 0.141 e. The van der Waals surface area contributed by atoms with Crippen molar-refractivity contribution in [3.05, 3.63) is 34.1 Å². The largest absolute Gasteiger partial charge is 0.299 e. The highest BCUT2D eigenvalue weighted by atomic mass is 79.9. The monoisotopic (exact) mass is 302 g/mol. The van der Waals surface area contributed by atoms with Crippen LogP contribution in [0.3, 0.4) is 0 Å². The third-order valence-corrected chi connectivity index (χ3v) is 4.83. The standard InChI is InChI=1S/C12H12BrFOS/c13-12-8(2-1-3-10(12)14)6-11(15)9-4-5-16-7-9/h1-3,9H,4-7H2. The van der Waals surface area contributed by atoms with Gasteiger partial charge in [-0.2, -0.15) is 11.8 Å². The van der Waals surface area contributed by atoms with Crippen LogP contribution in [0.25, 0.3) is 0 Å². The Morgan fingerprint density at radius 1 is 1.56 bits per heavy atom. The summed E-state index contributed by atoms with van der Waals surface area (Å²) in [5, 5.41) is 0. The van der Waals surface area contributed by atoms with Gasteiger partial charge in [-0.25, -0.2) is 4.39 Å². The van der Waals surface area contributed by atoms with E-state index in [-0.39, 0.29) is 17.5 Å². The van der Waals surface area contributed by atoms with Crippen LogP contribution < -0.4 is 0 Å². The lowest BCUT2D eigenvalue weighted by atomic mass is 9.97. The van der Waals surface area contributed by atoms with E-state index in [2.05, 4.69) is 15.9 Å². The second kappa shape index (κ2) is 5.32. The van der Waals surface area contributed by atoms with Gasteiger partial charge in [0.2, 0.25) is 0 Å². The molecule has 0 bridgehead atoms. The average molecular weight is 303 g/mol. The van der Waals surface area contributed by atoms with Crippen LogP contribution in [-0.4, -0.2) is 17.3 Å². The number of benzene rings is 1. The summed E-state index contributed by atoms with van der Waals surface area (Å²) >= 11 is 5.01. The third-order valence-electron chi connectivity index (χ3n) is 2.78. The molecule has 0 radical (unpaired) electrons. The van der Waals surface area contributed by atoms with Crippen molar-refractivity contribution in [2.45, 2.75) is 12.8 Å². The SMILES string of the molecule is O=C(Cc1cccc(F)c1Br)C1CCSC1. The first kappa shape index (κ1) is 12.1. The summed E-state index contributed by atoms with van der Waals surface area (Å²) in [6, 6.07) is 4.84. The summed E-state index contributed by atoms with van der Waals surface area (Å²) < 4.78 is 13.7. The molecule has 1 atom stereocenters. The molecule has 0 N–H and O–H groups in total. The molecule has 0 aromatic heterocycles. The van der Waals surface area contributed by atoms with Crippen molar-refractivity contribution in [2.75, 3.05) is 11.5 Å². The van der Waals surface area contributed by atoms with E-state index >= 15 is 0 Å². The van der Waals surface area contributed by atoms with Crippen LogP contribution in [0.4, 0.5) is 4.39 Å². The first-order chi connectivity index (χ1) is 7.68. The number of Topliss-reactive ketones (excluding diaryl/α,β-unsaturated/α-hetero) is 1. The summed E-state index contributed by atoms with van der Waals surface area (Å²) in [5.74, 6) is 2.09. The highest BCUT2D eigenvalue weighted by molar-refractivity contribution is 9.10. The van der Waals surface area contributed by atoms with Crippen molar-refractivity contribution in [3.63, 3.8) is 0 Å². The van der Waals surface area contributed by atoms with Gasteiger partial charge in [-0.05, 0) is 39.7 Å². The maximum absolute atomic E-state index is 13.2. The lowest BCUT2D eigenvalue weighted by Gasteiger charge is -2.08. The minimum Gasteiger partial charge on any atom is -0.299 e. The quantitative estimate of drug-likeness (QED) is 0.851. The van der Waals surface area contributed by atoms with E-state index in [4.69, 9.17) is 0 Å². The second-order valence-corrected chi connectivity index (χ2v) is 5.86. The molecular formula is C12H12BrFOS. The molecule has 1 aromatic carbocycles. The Balaban J connectivity index is 2.08. The Kier molecular flexibility index (Phi) is 4.03. The van der Waals surface area contributed by atoms with E-state index in [9.17, 15) is 9.18 Å². The van der Waals surface area contributed by atoms with Crippen LogP contribution >= 0.6 is 27.7 Å². The van der Waals surface area contributed by atoms with Crippen molar-refractivity contribution >= 4 is 33.5 Å². The lowest BCUT2D eigenvalue weighted by Crippen LogP contribution is -2.16. The van der Waals surface area contributed by atoms with Gasteiger partial charge in [-0.3, -0.25) is 4.79 Å². The zero-order chi connectivity index (χ0) is 11.5. The Labute approximate surface area is 107 Å². The van der Waals surface area contributed by atoms with Gasteiger partial charge in [0.25, 0.3) is 0 Å². The Morgan fingerprint density at radius 2 is 2.38 bits per heavy atom. The van der Waals surface area contributed by atoms with Crippen molar-refractivity contribution in [1.29, 1.82) is 0 Å². The van der Waals surface area contributed by atoms with E-state index in [1.165, 1.54) is 6.07 Å². The molecule has 1 fully saturated rings. The fourth-order valence-corrected chi connectivity index (χ4v) is 3.46. The van der Waals surface area contributed by atoms with Crippen LogP contribution in [0.2, 0.25) is 0 Å². The molecule has 0 amide bonds. The van der Waals surface area contributed by atoms with Crippen molar-refractivity contribution < 1.29 is 9.18 Å². The lowest BCUT2D eigenvalue weighted by molar-refractivity contribution is -0.121. The predicted molar refractivity (Wildman–Crippen MR) is 68.2 cm³/mol. The maximum atomic E-state index is 13.2. The number of rotatable bonds is 3. The topological polar surface area (TPSA) is 17.1 Å². The minimum atomic E-state index is -0.300. The van der Waals surface area contributed by atoms with Crippen molar-refractivity contribution in [3.8, 4) is 0 Å². The zero-order valence-corrected chi connectivity index (χ0v) is 11.1. The summed E-state index contributed by atoms with van der Waals surface area (Å²) in [4.78, 5) is 11.9. The molecule has 0 saturated carbocycles. The molecular weight excluding hydrogens is 291 g/mol. The average Bonchev–Trinajstić information content (AvgIpc) is 2.78. The van der Waals surface area contributed by atoms with Crippen LogP contribution in [0.15, 0.2) is 22.7 Å². The fourth-order valence-electron chi connectivity index (χ4n) is 1.81. The number of hydrogen-bond donors (Lipinski definition) is 0. The summed E-state index contributed by atoms with van der Waals surface area (Å²) in [5.41, 5.74) is 0.752. The third kappa shape index (κ3) is 2.66. The molecule has 0 spiro atoms. The smallest absolute Gasteiger partial charge is 0.141 e. The Bertz CT molecular complexity index is 402. The molecule has 1 aliphatic rings. The molecule has 2 rings (SSSR count). The number of thioether (sulfide) groups is 1. The van der Waals surface area contributed by atoms with Crippen molar-refractivity contribution in [2.24, 2.45) is 5.92 Å². The minimum absolute atomic E-state index is 0.167. The fraction of sp³-hybridized carbons (Fsp3) is 0.417. The van der Waals surface area contributed by atoms with Crippen LogP contribution in [0, 0.1) is 11.7 Å². The van der Waals surface area contributed by atoms with Crippen molar-refractivity contribution in [1.82, 2.24) is 0 Å². The molecule has 1 nitrogen and oxygen atoms in total. The van der Waals surface area contributed by atoms with Crippen LogP contribution in [-0.2, 0) is 11.2 Å². The first-order valence-corrected chi connectivity index (χ1v) is 7.16. The van der Waals surface area contributed by atoms with Gasteiger partial charge in [-0.15, -0.1) is 0 Å². The van der Waals surface area contributed by atoms with Gasteiger partial charge in [0.05, 0.1) is 4.47 Å². The Hall–Kier alpha value is -0.350. The molecule has 16 heavy (non-hydrogen) atoms. The molecule has 1 unspecified atom stereocenters. The molecule has 86 valence electrons. The molecule has 1 saturated heterocycles. The van der Waals surface area contributed by atoms with E-state index in [0.29, 0.717) is 10.9 Å². The normalized spacial score (nSPS) is 20.0. The highest BCUT2D eigenvalue weighted by Crippen LogP contribution is 2.27. The predicted octanol–water partition coefficient (Wildman–Crippen LogP) is 3.45. The van der Waals surface area contributed by atoms with Gasteiger partial charge in [0, 0.05) is 18.1 Å². The summed E-state index contributed by atoms with van der Waals surface area (Å²) in [7, 11) is 0. The number of carbonyl (C=O) groups is 1. The molecule has 1 heterocycles. The van der Waals surface area contributed by atoms with E-state index in [1.54, 1.807) is 12.1 Å². The van der Waals surface area contributed by atoms with Gasteiger partial charge in [-0.1, -0.05) is 12.1 Å². The second-order valence-electron chi connectivity index (χ2n) is 3.92. The molecule has 1 aliphatic heterocycles. The highest BCUT2D eigenvalue weighted by Gasteiger charge is 2.23. The summed E-state index contributed by atoms with van der Waals surface area (Å²) in [6.07, 6.45) is 1.31. The van der Waals surface area contributed by atoms with Gasteiger partial charge >= 0.3 is 0 Å². The number of ketones is 1. The van der Waals surface area contributed by atoms with Gasteiger partial charge in [0.15, 0.2) is 0 Å². The first-order valence-electron chi connectivity index (χ1n) is 5.22. The molecule has 1 aromatic rings. The van der Waals surface area contributed by atoms with Gasteiger partial charge in [0.1, 0.15) is 11.6 Å². The van der Waals surface area contributed by atoms with Gasteiger partial charge < -0.3 is 0 Å². The Morgan fingerprint density at radius 3 is 3.06 bits per heavy atom. The summed E-state index contributed by atoms with van der Waals surface area (Å²) in [6.45, 7) is 0. The number of hydrogen-bond acceptors (Lipinski definition) is 2. The van der Waals surface area contributed by atoms with Crippen LogP contribution in [0.1, 0.15) is 12.0 Å². The molecule has 0 aliphatic carbocycles. The van der Waals surface area contributed by atoms with Crippen LogP contribution in [0.5, 0.6) is 0 Å². The zero-order valence-electron chi connectivity index (χ0n) is 8.71.